The van der Waals surface area contributed by atoms with Gasteiger partial charge in [-0.2, -0.15) is 0 Å². The van der Waals surface area contributed by atoms with E-state index in [-0.39, 0.29) is 23.5 Å². The van der Waals surface area contributed by atoms with Crippen LogP contribution in [0, 0.1) is 40.9 Å². The van der Waals surface area contributed by atoms with Crippen molar-refractivity contribution in [2.75, 3.05) is 0 Å². The first-order chi connectivity index (χ1) is 10.9. The van der Waals surface area contributed by atoms with Crippen LogP contribution in [0.15, 0.2) is 0 Å². The summed E-state index contributed by atoms with van der Waals surface area (Å²) in [7, 11) is 0. The van der Waals surface area contributed by atoms with Crippen LogP contribution in [-0.4, -0.2) is 28.2 Å². The van der Waals surface area contributed by atoms with Crippen molar-refractivity contribution in [3.63, 3.8) is 0 Å². The van der Waals surface area contributed by atoms with E-state index >= 15 is 0 Å². The third-order valence-electron chi connectivity index (χ3n) is 8.38. The molecule has 0 bridgehead atoms. The van der Waals surface area contributed by atoms with E-state index in [9.17, 15) is 15.0 Å². The van der Waals surface area contributed by atoms with Gasteiger partial charge in [0.2, 0.25) is 0 Å². The smallest absolute Gasteiger partial charge is 0.133 e. The standard InChI is InChI=1S/C20H32O3/c1-11(21)16-7-8-17-15-5-3-12-9-13(22)4-6-14(12)19(15)18(23)10-20(16,17)2/h12-19,22-23H,3-10H2,1-2H3/t12-,13+,14-,15-,16+,17-,18-,19+,20+/m0/s1. The van der Waals surface area contributed by atoms with Crippen molar-refractivity contribution < 1.29 is 15.0 Å². The molecule has 4 saturated carbocycles. The Morgan fingerprint density at radius 2 is 1.74 bits per heavy atom. The van der Waals surface area contributed by atoms with Crippen molar-refractivity contribution in [2.24, 2.45) is 40.9 Å². The lowest BCUT2D eigenvalue weighted by molar-refractivity contribution is -0.147. The van der Waals surface area contributed by atoms with Gasteiger partial charge < -0.3 is 10.2 Å². The van der Waals surface area contributed by atoms with Crippen molar-refractivity contribution >= 4 is 5.78 Å². The Hall–Kier alpha value is -0.410. The van der Waals surface area contributed by atoms with E-state index < -0.39 is 0 Å². The van der Waals surface area contributed by atoms with Gasteiger partial charge in [-0.25, -0.2) is 0 Å². The van der Waals surface area contributed by atoms with Crippen LogP contribution >= 0.6 is 0 Å². The summed E-state index contributed by atoms with van der Waals surface area (Å²) >= 11 is 0. The third-order valence-corrected chi connectivity index (χ3v) is 8.38. The van der Waals surface area contributed by atoms with Crippen molar-refractivity contribution in [1.82, 2.24) is 0 Å². The van der Waals surface area contributed by atoms with Crippen LogP contribution in [0.4, 0.5) is 0 Å². The molecular formula is C20H32O3. The minimum Gasteiger partial charge on any atom is -0.393 e. The summed E-state index contributed by atoms with van der Waals surface area (Å²) in [6.45, 7) is 4.03. The number of Topliss-reactive ketones (excluding diaryl/α,β-unsaturated/α-hetero) is 1. The number of ketones is 1. The highest BCUT2D eigenvalue weighted by Crippen LogP contribution is 2.64. The molecule has 0 unspecified atom stereocenters. The fraction of sp³-hybridized carbons (Fsp3) is 0.950. The lowest BCUT2D eigenvalue weighted by Crippen LogP contribution is -2.55. The van der Waals surface area contributed by atoms with Gasteiger partial charge in [-0.15, -0.1) is 0 Å². The van der Waals surface area contributed by atoms with Crippen LogP contribution in [-0.2, 0) is 4.79 Å². The van der Waals surface area contributed by atoms with Crippen LogP contribution in [0.2, 0.25) is 0 Å². The molecule has 4 fully saturated rings. The lowest BCUT2D eigenvalue weighted by atomic mass is 9.48. The number of aliphatic hydroxyl groups is 2. The van der Waals surface area contributed by atoms with Crippen molar-refractivity contribution in [1.29, 1.82) is 0 Å². The molecule has 0 saturated heterocycles. The zero-order chi connectivity index (χ0) is 16.4. The van der Waals surface area contributed by atoms with Gasteiger partial charge in [0.15, 0.2) is 0 Å². The lowest BCUT2D eigenvalue weighted by Gasteiger charge is -2.57. The molecule has 0 aromatic carbocycles. The Morgan fingerprint density at radius 1 is 1.00 bits per heavy atom. The molecule has 4 aliphatic rings. The first-order valence-electron chi connectivity index (χ1n) is 9.78. The Labute approximate surface area is 139 Å². The molecule has 2 N–H and O–H groups in total. The normalized spacial score (nSPS) is 55.7. The minimum atomic E-state index is -0.246. The predicted molar refractivity (Wildman–Crippen MR) is 88.7 cm³/mol. The quantitative estimate of drug-likeness (QED) is 0.780. The molecule has 0 aromatic rings. The molecule has 4 aliphatic carbocycles. The molecule has 23 heavy (non-hydrogen) atoms. The number of fused-ring (bicyclic) bond motifs is 5. The van der Waals surface area contributed by atoms with E-state index in [1.165, 1.54) is 19.3 Å². The molecular weight excluding hydrogens is 288 g/mol. The highest BCUT2D eigenvalue weighted by molar-refractivity contribution is 5.79. The zero-order valence-corrected chi connectivity index (χ0v) is 14.6. The monoisotopic (exact) mass is 320 g/mol. The fourth-order valence-electron chi connectivity index (χ4n) is 7.57. The van der Waals surface area contributed by atoms with Gasteiger partial charge in [-0.3, -0.25) is 4.79 Å². The summed E-state index contributed by atoms with van der Waals surface area (Å²) < 4.78 is 0. The molecule has 3 nitrogen and oxygen atoms in total. The van der Waals surface area contributed by atoms with E-state index in [0.717, 1.165) is 32.1 Å². The SMILES string of the molecule is CC(=O)[C@H]1CC[C@H]2[C@@H]3CC[C@H]4C[C@H](O)CC[C@@H]4[C@H]3[C@@H](O)C[C@]12C. The van der Waals surface area contributed by atoms with Gasteiger partial charge >= 0.3 is 0 Å². The second-order valence-corrected chi connectivity index (χ2v) is 9.33. The Bertz CT molecular complexity index is 489. The van der Waals surface area contributed by atoms with Crippen molar-refractivity contribution in [3.8, 4) is 0 Å². The third kappa shape index (κ3) is 2.33. The van der Waals surface area contributed by atoms with Crippen LogP contribution in [0.1, 0.15) is 65.2 Å². The summed E-state index contributed by atoms with van der Waals surface area (Å²) in [5, 5.41) is 21.0. The second kappa shape index (κ2) is 5.56. The summed E-state index contributed by atoms with van der Waals surface area (Å²) in [4.78, 5) is 12.1. The first kappa shape index (κ1) is 16.1. The maximum absolute atomic E-state index is 12.1. The molecule has 9 atom stereocenters. The Balaban J connectivity index is 1.62. The molecule has 3 heteroatoms. The van der Waals surface area contributed by atoms with Gasteiger partial charge in [0, 0.05) is 5.92 Å². The van der Waals surface area contributed by atoms with Gasteiger partial charge in [0.05, 0.1) is 12.2 Å². The van der Waals surface area contributed by atoms with Gasteiger partial charge in [-0.1, -0.05) is 6.92 Å². The number of carbonyl (C=O) groups excluding carboxylic acids is 1. The molecule has 0 spiro atoms. The Kier molecular flexibility index (Phi) is 3.88. The van der Waals surface area contributed by atoms with Crippen LogP contribution < -0.4 is 0 Å². The van der Waals surface area contributed by atoms with E-state index in [4.69, 9.17) is 0 Å². The summed E-state index contributed by atoms with van der Waals surface area (Å²) in [6.07, 6.45) is 8.00. The molecule has 0 amide bonds. The molecule has 130 valence electrons. The van der Waals surface area contributed by atoms with E-state index in [2.05, 4.69) is 6.92 Å². The number of aliphatic hydroxyl groups excluding tert-OH is 2. The number of hydrogen-bond donors (Lipinski definition) is 2. The molecule has 4 rings (SSSR count). The zero-order valence-electron chi connectivity index (χ0n) is 14.6. The van der Waals surface area contributed by atoms with Crippen LogP contribution in [0.25, 0.3) is 0 Å². The molecule has 0 aliphatic heterocycles. The largest absolute Gasteiger partial charge is 0.393 e. The average molecular weight is 320 g/mol. The number of rotatable bonds is 1. The van der Waals surface area contributed by atoms with Gasteiger partial charge in [0.1, 0.15) is 5.78 Å². The van der Waals surface area contributed by atoms with Crippen molar-refractivity contribution in [3.05, 3.63) is 0 Å². The van der Waals surface area contributed by atoms with Crippen LogP contribution in [0.3, 0.4) is 0 Å². The Morgan fingerprint density at radius 3 is 2.48 bits per heavy atom. The number of hydrogen-bond acceptors (Lipinski definition) is 3. The molecule has 0 heterocycles. The van der Waals surface area contributed by atoms with E-state index in [1.54, 1.807) is 6.92 Å². The van der Waals surface area contributed by atoms with Gasteiger partial charge in [-0.05, 0) is 93.3 Å². The predicted octanol–water partition coefficient (Wildman–Crippen LogP) is 3.18. The van der Waals surface area contributed by atoms with E-state index in [1.807, 2.05) is 0 Å². The highest BCUT2D eigenvalue weighted by atomic mass is 16.3. The van der Waals surface area contributed by atoms with Gasteiger partial charge in [0.25, 0.3) is 0 Å². The fourth-order valence-corrected chi connectivity index (χ4v) is 7.57. The van der Waals surface area contributed by atoms with E-state index in [0.29, 0.717) is 35.4 Å². The highest BCUT2D eigenvalue weighted by Gasteiger charge is 2.60. The summed E-state index contributed by atoms with van der Waals surface area (Å²) in [5.74, 6) is 3.36. The first-order valence-corrected chi connectivity index (χ1v) is 9.78. The van der Waals surface area contributed by atoms with Crippen LogP contribution in [0.5, 0.6) is 0 Å². The topological polar surface area (TPSA) is 57.5 Å². The summed E-state index contributed by atoms with van der Waals surface area (Å²) in [5.41, 5.74) is 0.0213. The second-order valence-electron chi connectivity index (χ2n) is 9.33. The summed E-state index contributed by atoms with van der Waals surface area (Å²) in [6, 6.07) is 0. The molecule has 0 radical (unpaired) electrons. The maximum Gasteiger partial charge on any atom is 0.133 e. The number of carbonyl (C=O) groups is 1. The average Bonchev–Trinajstić information content (AvgIpc) is 2.83. The maximum atomic E-state index is 12.1. The van der Waals surface area contributed by atoms with Crippen molar-refractivity contribution in [2.45, 2.75) is 77.4 Å². The molecule has 0 aromatic heterocycles. The minimum absolute atomic E-state index is 0.0213.